The van der Waals surface area contributed by atoms with E-state index in [0.29, 0.717) is 19.8 Å². The van der Waals surface area contributed by atoms with Crippen LogP contribution in [0.1, 0.15) is 34.6 Å². The highest BCUT2D eigenvalue weighted by atomic mass is 28.4. The second kappa shape index (κ2) is 9.15. The SMILES string of the molecule is CCN(CC)CCOCC(O)CO[Si](C)(C)C(C)(C)C. The van der Waals surface area contributed by atoms with E-state index >= 15 is 0 Å². The van der Waals surface area contributed by atoms with Gasteiger partial charge in [-0.2, -0.15) is 0 Å². The van der Waals surface area contributed by atoms with Gasteiger partial charge >= 0.3 is 0 Å². The lowest BCUT2D eigenvalue weighted by Crippen LogP contribution is -2.43. The summed E-state index contributed by atoms with van der Waals surface area (Å²) in [6.45, 7) is 19.7. The Morgan fingerprint density at radius 1 is 1.10 bits per heavy atom. The lowest BCUT2D eigenvalue weighted by atomic mass is 10.2. The van der Waals surface area contributed by atoms with Crippen LogP contribution in [-0.2, 0) is 9.16 Å². The number of hydrogen-bond donors (Lipinski definition) is 1. The van der Waals surface area contributed by atoms with Crippen LogP contribution in [0.2, 0.25) is 18.1 Å². The van der Waals surface area contributed by atoms with E-state index in [9.17, 15) is 5.11 Å². The summed E-state index contributed by atoms with van der Waals surface area (Å²) >= 11 is 0. The molecule has 1 atom stereocenters. The number of aliphatic hydroxyl groups is 1. The molecule has 0 bridgehead atoms. The van der Waals surface area contributed by atoms with E-state index in [0.717, 1.165) is 19.6 Å². The smallest absolute Gasteiger partial charge is 0.192 e. The van der Waals surface area contributed by atoms with Gasteiger partial charge in [0.05, 0.1) is 25.9 Å². The summed E-state index contributed by atoms with van der Waals surface area (Å²) in [5.74, 6) is 0. The van der Waals surface area contributed by atoms with Crippen LogP contribution >= 0.6 is 0 Å². The van der Waals surface area contributed by atoms with E-state index in [1.165, 1.54) is 0 Å². The lowest BCUT2D eigenvalue weighted by Gasteiger charge is -2.36. The summed E-state index contributed by atoms with van der Waals surface area (Å²) in [7, 11) is -1.77. The molecular weight excluding hydrogens is 270 g/mol. The van der Waals surface area contributed by atoms with Gasteiger partial charge in [0.1, 0.15) is 0 Å². The third-order valence-electron chi connectivity index (χ3n) is 4.20. The minimum absolute atomic E-state index is 0.177. The minimum Gasteiger partial charge on any atom is -0.414 e. The Kier molecular flexibility index (Phi) is 9.18. The summed E-state index contributed by atoms with van der Waals surface area (Å²) in [4.78, 5) is 2.30. The van der Waals surface area contributed by atoms with Gasteiger partial charge in [0.15, 0.2) is 8.32 Å². The molecule has 0 aromatic carbocycles. The first-order valence-corrected chi connectivity index (χ1v) is 10.7. The van der Waals surface area contributed by atoms with Crippen LogP contribution in [0.25, 0.3) is 0 Å². The number of rotatable bonds is 10. The van der Waals surface area contributed by atoms with E-state index in [-0.39, 0.29) is 5.04 Å². The van der Waals surface area contributed by atoms with E-state index in [1.807, 2.05) is 0 Å². The highest BCUT2D eigenvalue weighted by Gasteiger charge is 2.37. The van der Waals surface area contributed by atoms with Crippen molar-refractivity contribution < 1.29 is 14.3 Å². The van der Waals surface area contributed by atoms with Crippen molar-refractivity contribution in [1.29, 1.82) is 0 Å². The molecular formula is C15H35NO3Si. The average Bonchev–Trinajstić information content (AvgIpc) is 2.35. The first-order valence-electron chi connectivity index (χ1n) is 7.76. The molecule has 0 aromatic heterocycles. The molecule has 0 radical (unpaired) electrons. The van der Waals surface area contributed by atoms with Crippen LogP contribution < -0.4 is 0 Å². The molecule has 20 heavy (non-hydrogen) atoms. The molecule has 4 nitrogen and oxygen atoms in total. The van der Waals surface area contributed by atoms with Gasteiger partial charge in [-0.15, -0.1) is 0 Å². The molecule has 0 fully saturated rings. The summed E-state index contributed by atoms with van der Waals surface area (Å²) in [5, 5.41) is 10.1. The van der Waals surface area contributed by atoms with Crippen molar-refractivity contribution in [3.8, 4) is 0 Å². The molecule has 0 aliphatic heterocycles. The molecule has 1 unspecified atom stereocenters. The third kappa shape index (κ3) is 7.74. The van der Waals surface area contributed by atoms with Gasteiger partial charge in [-0.3, -0.25) is 0 Å². The Hall–Kier alpha value is 0.0569. The first kappa shape index (κ1) is 20.1. The Balaban J connectivity index is 3.82. The van der Waals surface area contributed by atoms with Gasteiger partial charge in [0.2, 0.25) is 0 Å². The molecule has 0 aliphatic rings. The van der Waals surface area contributed by atoms with Gasteiger partial charge < -0.3 is 19.2 Å². The summed E-state index contributed by atoms with van der Waals surface area (Å²) in [6.07, 6.45) is -0.527. The van der Waals surface area contributed by atoms with Crippen LogP contribution in [0.4, 0.5) is 0 Å². The molecule has 1 N–H and O–H groups in total. The fourth-order valence-corrected chi connectivity index (χ4v) is 2.56. The highest BCUT2D eigenvalue weighted by Crippen LogP contribution is 2.36. The standard InChI is InChI=1S/C15H35NO3Si/c1-8-16(9-2)10-11-18-12-14(17)13-19-20(6,7)15(3,4)5/h14,17H,8-13H2,1-7H3. The minimum atomic E-state index is -1.77. The molecule has 0 aromatic rings. The molecule has 0 heterocycles. The average molecular weight is 306 g/mol. The number of nitrogens with zero attached hydrogens (tertiary/aromatic N) is 1. The normalized spacial score (nSPS) is 14.8. The number of ether oxygens (including phenoxy) is 1. The van der Waals surface area contributed by atoms with E-state index in [2.05, 4.69) is 52.6 Å². The molecule has 0 spiro atoms. The molecule has 0 rings (SSSR count). The third-order valence-corrected chi connectivity index (χ3v) is 8.70. The second-order valence-corrected chi connectivity index (χ2v) is 11.6. The zero-order chi connectivity index (χ0) is 15.8. The fourth-order valence-electron chi connectivity index (χ4n) is 1.52. The van der Waals surface area contributed by atoms with Crippen LogP contribution in [-0.4, -0.2) is 63.9 Å². The molecule has 0 saturated carbocycles. The Labute approximate surface area is 126 Å². The van der Waals surface area contributed by atoms with Crippen LogP contribution in [0.3, 0.4) is 0 Å². The van der Waals surface area contributed by atoms with Gasteiger partial charge in [-0.05, 0) is 31.2 Å². The largest absolute Gasteiger partial charge is 0.414 e. The Bertz CT molecular complexity index is 250. The molecule has 0 saturated heterocycles. The summed E-state index contributed by atoms with van der Waals surface area (Å²) in [6, 6.07) is 0. The fraction of sp³-hybridized carbons (Fsp3) is 1.00. The number of aliphatic hydroxyl groups excluding tert-OH is 1. The molecule has 0 aliphatic carbocycles. The van der Waals surface area contributed by atoms with Crippen molar-refractivity contribution in [2.24, 2.45) is 0 Å². The van der Waals surface area contributed by atoms with E-state index in [1.54, 1.807) is 0 Å². The van der Waals surface area contributed by atoms with Crippen molar-refractivity contribution in [3.63, 3.8) is 0 Å². The van der Waals surface area contributed by atoms with Crippen LogP contribution in [0.15, 0.2) is 0 Å². The number of likely N-dealkylation sites (N-methyl/N-ethyl adjacent to an activating group) is 1. The molecule has 122 valence electrons. The summed E-state index contributed by atoms with van der Waals surface area (Å²) in [5.41, 5.74) is 0. The lowest BCUT2D eigenvalue weighted by molar-refractivity contribution is 0.00363. The maximum atomic E-state index is 9.92. The van der Waals surface area contributed by atoms with E-state index < -0.39 is 14.4 Å². The maximum absolute atomic E-state index is 9.92. The van der Waals surface area contributed by atoms with Crippen molar-refractivity contribution in [1.82, 2.24) is 4.90 Å². The zero-order valence-corrected chi connectivity index (χ0v) is 15.5. The predicted molar refractivity (Wildman–Crippen MR) is 87.8 cm³/mol. The topological polar surface area (TPSA) is 41.9 Å². The monoisotopic (exact) mass is 305 g/mol. The summed E-state index contributed by atoms with van der Waals surface area (Å²) < 4.78 is 11.5. The molecule has 5 heteroatoms. The highest BCUT2D eigenvalue weighted by molar-refractivity contribution is 6.74. The van der Waals surface area contributed by atoms with Crippen LogP contribution in [0, 0.1) is 0 Å². The first-order chi connectivity index (χ1) is 9.14. The van der Waals surface area contributed by atoms with Crippen molar-refractivity contribution in [3.05, 3.63) is 0 Å². The van der Waals surface area contributed by atoms with Crippen molar-refractivity contribution in [2.75, 3.05) is 39.5 Å². The molecule has 0 amide bonds. The van der Waals surface area contributed by atoms with E-state index in [4.69, 9.17) is 9.16 Å². The number of hydrogen-bond acceptors (Lipinski definition) is 4. The van der Waals surface area contributed by atoms with Crippen LogP contribution in [0.5, 0.6) is 0 Å². The van der Waals surface area contributed by atoms with Gasteiger partial charge in [-0.1, -0.05) is 34.6 Å². The zero-order valence-electron chi connectivity index (χ0n) is 14.5. The predicted octanol–water partition coefficient (Wildman–Crippen LogP) is 2.73. The van der Waals surface area contributed by atoms with Gasteiger partial charge in [-0.25, -0.2) is 0 Å². The van der Waals surface area contributed by atoms with Gasteiger partial charge in [0.25, 0.3) is 0 Å². The van der Waals surface area contributed by atoms with Gasteiger partial charge in [0, 0.05) is 6.54 Å². The maximum Gasteiger partial charge on any atom is 0.192 e. The van der Waals surface area contributed by atoms with Crippen molar-refractivity contribution >= 4 is 8.32 Å². The quantitative estimate of drug-likeness (QED) is 0.498. The Morgan fingerprint density at radius 3 is 2.10 bits per heavy atom. The van der Waals surface area contributed by atoms with Crippen molar-refractivity contribution in [2.45, 2.75) is 58.9 Å². The second-order valence-electron chi connectivity index (χ2n) is 6.83. The Morgan fingerprint density at radius 2 is 1.65 bits per heavy atom.